The molecule has 16 N–H and O–H groups in total. The monoisotopic (exact) mass is 1510 g/mol. The van der Waals surface area contributed by atoms with E-state index in [1.807, 2.05) is 34.6 Å². The van der Waals surface area contributed by atoms with Gasteiger partial charge in [-0.15, -0.1) is 0 Å². The highest BCUT2D eigenvalue weighted by atomic mass is 32.1. The molecule has 0 aromatic rings. The summed E-state index contributed by atoms with van der Waals surface area (Å²) in [5.74, 6) is -12.0. The topological polar surface area (TPSA) is 533 Å². The summed E-state index contributed by atoms with van der Waals surface area (Å²) >= 11 is 12.4. The number of nitrogens with two attached hydrogens (primary N) is 1. The zero-order chi connectivity index (χ0) is 75.9. The van der Waals surface area contributed by atoms with Crippen LogP contribution < -0.4 is 64.2 Å². The van der Waals surface area contributed by atoms with Crippen LogP contribution in [-0.4, -0.2) is 302 Å². The van der Waals surface area contributed by atoms with Crippen molar-refractivity contribution in [1.29, 1.82) is 0 Å². The zero-order valence-electron chi connectivity index (χ0n) is 58.2. The number of thiol groups is 3. The quantitative estimate of drug-likeness (QED) is 0.0154. The molecule has 0 heterocycles. The molecule has 38 nitrogen and oxygen atoms in total. The maximum Gasteiger partial charge on any atom is 0.413 e. The van der Waals surface area contributed by atoms with Crippen LogP contribution in [0.25, 0.3) is 0 Å². The highest BCUT2D eigenvalue weighted by Crippen LogP contribution is 2.19. The maximum atomic E-state index is 13.2. The Morgan fingerprint density at radius 1 is 0.347 bits per heavy atom. The largest absolute Gasteiger partial charge is 0.481 e. The Bertz CT molecular complexity index is 2370. The molecule has 41 heteroatoms. The average molecular weight is 1510 g/mol. The number of hydrogen-bond donors (Lipinski definition) is 18. The van der Waals surface area contributed by atoms with Crippen LogP contribution in [0.1, 0.15) is 92.4 Å². The van der Waals surface area contributed by atoms with E-state index in [-0.39, 0.29) is 175 Å². The third kappa shape index (κ3) is 49.8. The van der Waals surface area contributed by atoms with Gasteiger partial charge in [0.1, 0.15) is 30.2 Å². The van der Waals surface area contributed by atoms with Crippen molar-refractivity contribution in [2.75, 3.05) is 162 Å². The lowest BCUT2D eigenvalue weighted by Gasteiger charge is -2.32. The van der Waals surface area contributed by atoms with Crippen molar-refractivity contribution < 1.29 is 125 Å². The summed E-state index contributed by atoms with van der Waals surface area (Å²) in [6.45, 7) is 8.49. The number of carbonyl (C=O) groups is 13. The standard InChI is InChI=1S/C60H108N12O26S3/c1-6-18-89-21-13-62-46(73)8-10-48(75)67-43(37-99)56(86)69-40(34-50(77)78)53(83)64-15-23-92-27-31-96-60(95-30-26-91-20-12-61,98-33-29-94-25-17-66-55(85)42(36-52(81)82)71-58(88)45(39-101)72-59(3,4)5)97-32-28-93-24-16-65-54(84)41(35-51(79)80)70-57(87)44(38-100)68-49(76)11-9-47(74)63-14-22-90-19-7-2/h40-45,72,99-101H,6-39,61H2,1-5H3,(H,62,73)(H,63,74)(H,64,83)(H,65,84)(H,66,85)(H,67,75)(H,68,76)(H,69,86)(H,70,87)(H,71,88)(H,77,78)(H,79,80)(H,81,82). The lowest BCUT2D eigenvalue weighted by atomic mass is 10.1. The fourth-order valence-corrected chi connectivity index (χ4v) is 8.78. The highest BCUT2D eigenvalue weighted by molar-refractivity contribution is 7.80. The van der Waals surface area contributed by atoms with Gasteiger partial charge in [-0.2, -0.15) is 37.9 Å². The molecule has 0 aromatic heterocycles. The molecule has 0 spiro atoms. The Balaban J connectivity index is 6.10. The van der Waals surface area contributed by atoms with Gasteiger partial charge in [-0.1, -0.05) is 13.8 Å². The number of carbonyl (C=O) groups excluding carboxylic acids is 10. The van der Waals surface area contributed by atoms with Crippen LogP contribution in [-0.2, 0) is 110 Å². The fourth-order valence-electron chi connectivity index (χ4n) is 8.01. The SMILES string of the molecule is CCCOCCNC(=O)CCC(=O)NC(CS)C(=O)NC(CC(=O)O)C(=O)NCCOCCOC(OCCOCCN)(OCCOCCNC(=O)C(CC(=O)O)NC(=O)C(CS)NC(=O)CCC(=O)NCCOCCC)OCCOCCNC(=O)C(CC(=O)O)NC(=O)C(CS)NC(C)(C)C. The van der Waals surface area contributed by atoms with Crippen molar-refractivity contribution >= 4 is 115 Å². The van der Waals surface area contributed by atoms with E-state index >= 15 is 0 Å². The van der Waals surface area contributed by atoms with E-state index in [1.54, 1.807) is 0 Å². The van der Waals surface area contributed by atoms with Gasteiger partial charge in [0, 0.05) is 101 Å². The highest BCUT2D eigenvalue weighted by Gasteiger charge is 2.37. The Kier molecular flexibility index (Phi) is 54.5. The number of ether oxygens (including phenoxy) is 10. The van der Waals surface area contributed by atoms with Crippen LogP contribution in [0.4, 0.5) is 0 Å². The molecule has 0 fully saturated rings. The normalized spacial score (nSPS) is 13.7. The molecular weight excluding hydrogens is 1400 g/mol. The molecule has 0 aliphatic carbocycles. The number of carboxylic acid groups (broad SMARTS) is 3. The van der Waals surface area contributed by atoms with Crippen LogP contribution in [0.2, 0.25) is 0 Å². The molecule has 0 rings (SSSR count). The molecule has 6 unspecified atom stereocenters. The smallest absolute Gasteiger partial charge is 0.413 e. The first-order valence-corrected chi connectivity index (χ1v) is 34.8. The van der Waals surface area contributed by atoms with E-state index < -0.39 is 144 Å². The number of nitrogens with one attached hydrogen (secondary N) is 11. The number of amides is 10. The molecule has 0 bridgehead atoms. The van der Waals surface area contributed by atoms with Crippen molar-refractivity contribution in [1.82, 2.24) is 58.5 Å². The molecule has 10 amide bonds. The van der Waals surface area contributed by atoms with Crippen molar-refractivity contribution in [2.24, 2.45) is 5.73 Å². The Labute approximate surface area is 604 Å². The molecule has 0 aliphatic rings. The second-order valence-electron chi connectivity index (χ2n) is 22.6. The Morgan fingerprint density at radius 2 is 0.624 bits per heavy atom. The Morgan fingerprint density at radius 3 is 0.901 bits per heavy atom. The average Bonchev–Trinajstić information content (AvgIpc) is 0.903. The fraction of sp³-hybridized carbons (Fsp3) is 0.783. The second kappa shape index (κ2) is 58.1. The molecule has 0 aliphatic heterocycles. The van der Waals surface area contributed by atoms with E-state index in [9.17, 15) is 77.6 Å². The van der Waals surface area contributed by atoms with E-state index in [4.69, 9.17) is 53.1 Å². The second-order valence-corrected chi connectivity index (χ2v) is 23.7. The minimum atomic E-state index is -2.39. The van der Waals surface area contributed by atoms with E-state index in [2.05, 4.69) is 96.4 Å². The van der Waals surface area contributed by atoms with Gasteiger partial charge in [-0.3, -0.25) is 62.3 Å². The van der Waals surface area contributed by atoms with Crippen LogP contribution in [0.15, 0.2) is 0 Å². The predicted octanol–water partition coefficient (Wildman–Crippen LogP) is -4.92. The minimum absolute atomic E-state index is 0.0462. The number of rotatable bonds is 64. The van der Waals surface area contributed by atoms with Gasteiger partial charge in [0.15, 0.2) is 0 Å². The molecule has 0 radical (unpaired) electrons. The van der Waals surface area contributed by atoms with E-state index in [0.717, 1.165) is 12.8 Å². The summed E-state index contributed by atoms with van der Waals surface area (Å²) in [7, 11) is 0. The van der Waals surface area contributed by atoms with Crippen molar-refractivity contribution in [2.45, 2.75) is 140 Å². The summed E-state index contributed by atoms with van der Waals surface area (Å²) in [6.07, 6.45) is -4.19. The lowest BCUT2D eigenvalue weighted by Crippen LogP contribution is -2.57. The van der Waals surface area contributed by atoms with Crippen molar-refractivity contribution in [3.63, 3.8) is 0 Å². The van der Waals surface area contributed by atoms with Gasteiger partial charge in [-0.05, 0) is 33.6 Å². The summed E-state index contributed by atoms with van der Waals surface area (Å²) in [5.41, 5.74) is 5.07. The van der Waals surface area contributed by atoms with Gasteiger partial charge in [-0.25, -0.2) is 0 Å². The molecule has 0 saturated carbocycles. The van der Waals surface area contributed by atoms with Gasteiger partial charge in [0.25, 0.3) is 0 Å². The molecule has 101 heavy (non-hydrogen) atoms. The van der Waals surface area contributed by atoms with Crippen molar-refractivity contribution in [3.8, 4) is 0 Å². The minimum Gasteiger partial charge on any atom is -0.481 e. The van der Waals surface area contributed by atoms with Gasteiger partial charge >= 0.3 is 24.1 Å². The summed E-state index contributed by atoms with van der Waals surface area (Å²) in [6, 6.07) is -8.16. The molecular formula is C60H108N12O26S3. The van der Waals surface area contributed by atoms with Gasteiger partial charge in [0.05, 0.1) is 118 Å². The third-order valence-corrected chi connectivity index (χ3v) is 13.8. The first-order chi connectivity index (χ1) is 48.1. The molecule has 0 aromatic carbocycles. The molecule has 6 atom stereocenters. The molecule has 0 saturated heterocycles. The first kappa shape index (κ1) is 94.7. The Hall–Kier alpha value is -6.32. The predicted molar refractivity (Wildman–Crippen MR) is 369 cm³/mol. The number of aliphatic carboxylic acids is 3. The zero-order valence-corrected chi connectivity index (χ0v) is 60.8. The van der Waals surface area contributed by atoms with Crippen molar-refractivity contribution in [3.05, 3.63) is 0 Å². The van der Waals surface area contributed by atoms with Crippen LogP contribution in [0.3, 0.4) is 0 Å². The third-order valence-electron chi connectivity index (χ3n) is 12.7. The maximum absolute atomic E-state index is 13.2. The summed E-state index contributed by atoms with van der Waals surface area (Å²) in [4.78, 5) is 164. The first-order valence-electron chi connectivity index (χ1n) is 32.9. The lowest BCUT2D eigenvalue weighted by molar-refractivity contribution is -0.501. The van der Waals surface area contributed by atoms with Crippen LogP contribution in [0, 0.1) is 0 Å². The van der Waals surface area contributed by atoms with Crippen LogP contribution >= 0.6 is 37.9 Å². The number of hydrogen-bond acceptors (Lipinski definition) is 28. The van der Waals surface area contributed by atoms with Crippen LogP contribution in [0.5, 0.6) is 0 Å². The van der Waals surface area contributed by atoms with E-state index in [1.165, 1.54) is 0 Å². The summed E-state index contributed by atoms with van der Waals surface area (Å²) < 4.78 is 56.8. The van der Waals surface area contributed by atoms with E-state index in [0.29, 0.717) is 13.2 Å². The summed E-state index contributed by atoms with van der Waals surface area (Å²) in [5, 5.41) is 56.3. The number of carboxylic acids is 3. The van der Waals surface area contributed by atoms with Gasteiger partial charge in [0.2, 0.25) is 59.1 Å². The van der Waals surface area contributed by atoms with Gasteiger partial charge < -0.3 is 127 Å². The molecule has 582 valence electrons.